The molecule has 1 aromatic rings. The first kappa shape index (κ1) is 14.0. The van der Waals surface area contributed by atoms with E-state index in [1.807, 2.05) is 0 Å². The van der Waals surface area contributed by atoms with Crippen LogP contribution >= 0.6 is 0 Å². The van der Waals surface area contributed by atoms with Gasteiger partial charge in [-0.05, 0) is 13.0 Å². The summed E-state index contributed by atoms with van der Waals surface area (Å²) < 4.78 is 36.4. The molecule has 0 fully saturated rings. The van der Waals surface area contributed by atoms with Gasteiger partial charge < -0.3 is 10.2 Å². The minimum Gasteiger partial charge on any atom is -0.399 e. The Labute approximate surface area is 101 Å². The maximum atomic E-state index is 12.1. The van der Waals surface area contributed by atoms with Crippen LogP contribution in [0.5, 0.6) is 0 Å². The molecule has 0 unspecified atom stereocenters. The van der Waals surface area contributed by atoms with E-state index in [2.05, 4.69) is 9.99 Å². The summed E-state index contributed by atoms with van der Waals surface area (Å²) in [7, 11) is 1.32. The van der Waals surface area contributed by atoms with E-state index in [0.717, 1.165) is 0 Å². The Kier molecular flexibility index (Phi) is 4.30. The van der Waals surface area contributed by atoms with E-state index in [1.54, 1.807) is 18.3 Å². The highest BCUT2D eigenvalue weighted by Crippen LogP contribution is 2.21. The lowest BCUT2D eigenvalue weighted by Gasteiger charge is -2.11. The minimum absolute atomic E-state index is 0.0260. The molecule has 0 heterocycles. The van der Waals surface area contributed by atoms with Crippen LogP contribution in [0.4, 0.5) is 18.9 Å². The maximum Gasteiger partial charge on any atom is 0.471 e. The number of halogens is 3. The second-order valence-corrected chi connectivity index (χ2v) is 3.36. The average molecular weight is 260 g/mol. The van der Waals surface area contributed by atoms with Gasteiger partial charge in [0.2, 0.25) is 0 Å². The van der Waals surface area contributed by atoms with Crippen molar-refractivity contribution in [2.45, 2.75) is 13.1 Å². The lowest BCUT2D eigenvalue weighted by atomic mass is 10.1. The summed E-state index contributed by atoms with van der Waals surface area (Å²) in [6.07, 6.45) is -4.93. The van der Waals surface area contributed by atoms with E-state index in [9.17, 15) is 18.0 Å². The Balaban J connectivity index is 3.04. The highest BCUT2D eigenvalue weighted by Gasteiger charge is 2.38. The molecule has 0 aliphatic carbocycles. The highest BCUT2D eigenvalue weighted by atomic mass is 19.4. The predicted octanol–water partition coefficient (Wildman–Crippen LogP) is 2.56. The second-order valence-electron chi connectivity index (χ2n) is 3.36. The van der Waals surface area contributed by atoms with Crippen molar-refractivity contribution in [3.63, 3.8) is 0 Å². The summed E-state index contributed by atoms with van der Waals surface area (Å²) in [6.45, 7) is 1.56. The number of hydrogen-bond acceptors (Lipinski definition) is 3. The molecule has 0 saturated carbocycles. The van der Waals surface area contributed by atoms with Gasteiger partial charge in [-0.3, -0.25) is 4.79 Å². The van der Waals surface area contributed by atoms with Crippen LogP contribution in [0.2, 0.25) is 0 Å². The van der Waals surface area contributed by atoms with Crippen LogP contribution in [0.25, 0.3) is 0 Å². The third kappa shape index (κ3) is 3.47. The largest absolute Gasteiger partial charge is 0.471 e. The Bertz CT molecular complexity index is 470. The van der Waals surface area contributed by atoms with Gasteiger partial charge >= 0.3 is 12.1 Å². The molecule has 1 aromatic carbocycles. The molecule has 7 heteroatoms. The second kappa shape index (κ2) is 5.52. The summed E-state index contributed by atoms with van der Waals surface area (Å²) in [5.41, 5.74) is 0.741. The number of alkyl halides is 3. The fourth-order valence-corrected chi connectivity index (χ4v) is 1.29. The Morgan fingerprint density at radius 2 is 1.94 bits per heavy atom. The van der Waals surface area contributed by atoms with E-state index in [-0.39, 0.29) is 5.69 Å². The first-order chi connectivity index (χ1) is 8.36. The van der Waals surface area contributed by atoms with E-state index in [1.165, 1.54) is 25.3 Å². The number of amides is 1. The Morgan fingerprint density at radius 1 is 1.33 bits per heavy atom. The third-order valence-electron chi connectivity index (χ3n) is 2.05. The lowest BCUT2D eigenvalue weighted by Crippen LogP contribution is -2.30. The van der Waals surface area contributed by atoms with Crippen molar-refractivity contribution in [3.05, 3.63) is 29.8 Å². The first-order valence-electron chi connectivity index (χ1n) is 4.91. The number of hydrogen-bond donors (Lipinski definition) is 1. The molecular weight excluding hydrogens is 249 g/mol. The molecule has 0 atom stereocenters. The summed E-state index contributed by atoms with van der Waals surface area (Å²) in [4.78, 5) is 15.4. The van der Waals surface area contributed by atoms with Crippen LogP contribution in [-0.2, 0) is 9.63 Å². The maximum absolute atomic E-state index is 12.1. The molecule has 0 aromatic heterocycles. The summed E-state index contributed by atoms with van der Waals surface area (Å²) >= 11 is 0. The van der Waals surface area contributed by atoms with Gasteiger partial charge in [-0.2, -0.15) is 13.2 Å². The monoisotopic (exact) mass is 260 g/mol. The molecule has 0 aliphatic rings. The molecule has 1 rings (SSSR count). The summed E-state index contributed by atoms with van der Waals surface area (Å²) in [5.74, 6) is -2.03. The molecule has 18 heavy (non-hydrogen) atoms. The van der Waals surface area contributed by atoms with Gasteiger partial charge in [0.25, 0.3) is 0 Å². The molecule has 0 bridgehead atoms. The fourth-order valence-electron chi connectivity index (χ4n) is 1.29. The number of anilines is 1. The normalized spacial score (nSPS) is 12.2. The van der Waals surface area contributed by atoms with E-state index < -0.39 is 12.1 Å². The van der Waals surface area contributed by atoms with Crippen molar-refractivity contribution in [1.29, 1.82) is 0 Å². The van der Waals surface area contributed by atoms with Crippen molar-refractivity contribution in [3.8, 4) is 0 Å². The number of carbonyl (C=O) groups is 1. The number of oxime groups is 1. The molecule has 1 N–H and O–H groups in total. The number of carbonyl (C=O) groups excluding carboxylic acids is 1. The summed E-state index contributed by atoms with van der Waals surface area (Å²) in [6, 6.07) is 6.01. The van der Waals surface area contributed by atoms with Crippen LogP contribution in [0.1, 0.15) is 12.5 Å². The van der Waals surface area contributed by atoms with Crippen molar-refractivity contribution >= 4 is 17.3 Å². The zero-order valence-corrected chi connectivity index (χ0v) is 9.71. The van der Waals surface area contributed by atoms with Crippen LogP contribution < -0.4 is 5.32 Å². The van der Waals surface area contributed by atoms with E-state index >= 15 is 0 Å². The van der Waals surface area contributed by atoms with Gasteiger partial charge in [-0.15, -0.1) is 0 Å². The van der Waals surface area contributed by atoms with Gasteiger partial charge in [-0.1, -0.05) is 23.4 Å². The van der Waals surface area contributed by atoms with Gasteiger partial charge in [0, 0.05) is 5.56 Å². The molecule has 98 valence electrons. The van der Waals surface area contributed by atoms with Crippen LogP contribution in [0, 0.1) is 0 Å². The van der Waals surface area contributed by atoms with Gasteiger partial charge in [0.1, 0.15) is 7.11 Å². The van der Waals surface area contributed by atoms with Crippen molar-refractivity contribution in [2.75, 3.05) is 12.4 Å². The number of para-hydroxylation sites is 1. The third-order valence-corrected chi connectivity index (χ3v) is 2.05. The standard InChI is InChI=1S/C11H11F3N2O2/c1-7(16-18-2)8-5-3-4-6-9(8)15-10(17)11(12,13)14/h3-6H,1-2H3,(H,15,17)/b16-7+. The quantitative estimate of drug-likeness (QED) is 0.670. The van der Waals surface area contributed by atoms with Crippen molar-refractivity contribution in [2.24, 2.45) is 5.16 Å². The Hall–Kier alpha value is -2.05. The van der Waals surface area contributed by atoms with Crippen LogP contribution in [0.3, 0.4) is 0 Å². The molecule has 0 saturated heterocycles. The molecule has 0 spiro atoms. The topological polar surface area (TPSA) is 50.7 Å². The number of rotatable bonds is 3. The van der Waals surface area contributed by atoms with Crippen LogP contribution in [-0.4, -0.2) is 24.9 Å². The van der Waals surface area contributed by atoms with Crippen molar-refractivity contribution < 1.29 is 22.8 Å². The fraction of sp³-hybridized carbons (Fsp3) is 0.273. The lowest BCUT2D eigenvalue weighted by molar-refractivity contribution is -0.167. The molecule has 1 amide bonds. The zero-order valence-electron chi connectivity index (χ0n) is 9.71. The van der Waals surface area contributed by atoms with Gasteiger partial charge in [0.15, 0.2) is 0 Å². The molecular formula is C11H11F3N2O2. The first-order valence-corrected chi connectivity index (χ1v) is 4.91. The highest BCUT2D eigenvalue weighted by molar-refractivity contribution is 6.07. The molecule has 4 nitrogen and oxygen atoms in total. The van der Waals surface area contributed by atoms with E-state index in [0.29, 0.717) is 11.3 Å². The number of benzene rings is 1. The number of nitrogens with zero attached hydrogens (tertiary/aromatic N) is 1. The Morgan fingerprint density at radius 3 is 2.50 bits per heavy atom. The van der Waals surface area contributed by atoms with Gasteiger partial charge in [0.05, 0.1) is 11.4 Å². The molecule has 0 radical (unpaired) electrons. The minimum atomic E-state index is -4.93. The van der Waals surface area contributed by atoms with Crippen LogP contribution in [0.15, 0.2) is 29.4 Å². The van der Waals surface area contributed by atoms with Gasteiger partial charge in [-0.25, -0.2) is 0 Å². The SMILES string of the molecule is CO/N=C(\C)c1ccccc1NC(=O)C(F)(F)F. The predicted molar refractivity (Wildman–Crippen MR) is 60.3 cm³/mol. The zero-order chi connectivity index (χ0) is 13.8. The smallest absolute Gasteiger partial charge is 0.399 e. The van der Waals surface area contributed by atoms with Crippen molar-refractivity contribution in [1.82, 2.24) is 0 Å². The average Bonchev–Trinajstić information content (AvgIpc) is 2.28. The summed E-state index contributed by atoms with van der Waals surface area (Å²) in [5, 5.41) is 5.40. The van der Waals surface area contributed by atoms with E-state index in [4.69, 9.17) is 0 Å². The molecule has 0 aliphatic heterocycles. The number of nitrogens with one attached hydrogen (secondary N) is 1.